The van der Waals surface area contributed by atoms with Crippen molar-refractivity contribution in [2.75, 3.05) is 11.9 Å². The number of nitrogens with one attached hydrogen (secondary N) is 1. The fraction of sp³-hybridized carbons (Fsp3) is 0.462. The minimum Gasteiger partial charge on any atom is -0.384 e. The summed E-state index contributed by atoms with van der Waals surface area (Å²) in [5, 5.41) is 15.1. The highest BCUT2D eigenvalue weighted by atomic mass is 17.5. The Kier molecular flexibility index (Phi) is 4.74. The number of amides is 1. The number of primary amides is 1. The molecule has 0 aliphatic heterocycles. The summed E-state index contributed by atoms with van der Waals surface area (Å²) in [6.07, 6.45) is 0. The summed E-state index contributed by atoms with van der Waals surface area (Å²) in [5.74, 6) is -0.222. The van der Waals surface area contributed by atoms with Crippen LogP contribution in [0.1, 0.15) is 36.7 Å². The van der Waals surface area contributed by atoms with Gasteiger partial charge >= 0.3 is 0 Å². The lowest BCUT2D eigenvalue weighted by molar-refractivity contribution is -0.439. The van der Waals surface area contributed by atoms with E-state index in [0.717, 1.165) is 0 Å². The first-order chi connectivity index (χ1) is 8.74. The maximum atomic E-state index is 11.4. The topological polar surface area (TPSA) is 93.8 Å². The Morgan fingerprint density at radius 1 is 1.42 bits per heavy atom. The molecule has 6 nitrogen and oxygen atoms in total. The molecule has 0 heterocycles. The SMILES string of the molecule is Cc1cc(C(N)=O)c(NCC(C)(C)C)cc1OOO. The van der Waals surface area contributed by atoms with Gasteiger partial charge in [0.05, 0.1) is 11.3 Å². The highest BCUT2D eigenvalue weighted by molar-refractivity contribution is 5.99. The number of hydrogen-bond acceptors (Lipinski definition) is 5. The van der Waals surface area contributed by atoms with Crippen LogP contribution in [0.3, 0.4) is 0 Å². The number of carbonyl (C=O) groups excluding carboxylic acids is 1. The van der Waals surface area contributed by atoms with Crippen molar-refractivity contribution < 1.29 is 20.0 Å². The van der Waals surface area contributed by atoms with Crippen molar-refractivity contribution in [3.8, 4) is 5.75 Å². The molecule has 1 rings (SSSR count). The molecule has 1 aromatic carbocycles. The molecule has 1 amide bonds. The van der Waals surface area contributed by atoms with Crippen LogP contribution in [0.15, 0.2) is 12.1 Å². The molecule has 1 aromatic rings. The highest BCUT2D eigenvalue weighted by Gasteiger charge is 2.16. The van der Waals surface area contributed by atoms with E-state index in [1.54, 1.807) is 19.1 Å². The van der Waals surface area contributed by atoms with Crippen molar-refractivity contribution in [3.05, 3.63) is 23.3 Å². The molecule has 6 heteroatoms. The van der Waals surface area contributed by atoms with Crippen molar-refractivity contribution in [2.24, 2.45) is 11.1 Å². The van der Waals surface area contributed by atoms with Crippen LogP contribution in [0, 0.1) is 12.3 Å². The van der Waals surface area contributed by atoms with Gasteiger partial charge in [0.25, 0.3) is 5.91 Å². The van der Waals surface area contributed by atoms with E-state index in [-0.39, 0.29) is 5.41 Å². The first kappa shape index (κ1) is 15.3. The summed E-state index contributed by atoms with van der Waals surface area (Å²) >= 11 is 0. The number of nitrogens with two attached hydrogens (primary N) is 1. The zero-order valence-corrected chi connectivity index (χ0v) is 11.6. The number of anilines is 1. The van der Waals surface area contributed by atoms with E-state index in [1.807, 2.05) is 0 Å². The number of benzene rings is 1. The molecule has 0 aliphatic rings. The van der Waals surface area contributed by atoms with Gasteiger partial charge in [-0.25, -0.2) is 5.26 Å². The second-order valence-electron chi connectivity index (χ2n) is 5.60. The molecule has 19 heavy (non-hydrogen) atoms. The van der Waals surface area contributed by atoms with Crippen molar-refractivity contribution in [2.45, 2.75) is 27.7 Å². The van der Waals surface area contributed by atoms with Crippen LogP contribution in [0.5, 0.6) is 5.75 Å². The highest BCUT2D eigenvalue weighted by Crippen LogP contribution is 2.28. The fourth-order valence-corrected chi connectivity index (χ4v) is 1.53. The predicted molar refractivity (Wildman–Crippen MR) is 72.0 cm³/mol. The van der Waals surface area contributed by atoms with Gasteiger partial charge in [-0.05, 0) is 29.0 Å². The van der Waals surface area contributed by atoms with Gasteiger partial charge in [-0.3, -0.25) is 4.79 Å². The van der Waals surface area contributed by atoms with E-state index in [1.165, 1.54) is 0 Å². The average Bonchev–Trinajstić information content (AvgIpc) is 2.28. The number of hydrogen-bond donors (Lipinski definition) is 3. The Balaban J connectivity index is 3.10. The smallest absolute Gasteiger partial charge is 0.250 e. The van der Waals surface area contributed by atoms with Gasteiger partial charge in [0.2, 0.25) is 0 Å². The average molecular weight is 268 g/mol. The van der Waals surface area contributed by atoms with Crippen LogP contribution in [-0.4, -0.2) is 17.7 Å². The molecule has 0 atom stereocenters. The number of rotatable bonds is 5. The zero-order chi connectivity index (χ0) is 14.6. The van der Waals surface area contributed by atoms with Gasteiger partial charge in [0.15, 0.2) is 5.75 Å². The van der Waals surface area contributed by atoms with E-state index in [0.29, 0.717) is 29.1 Å². The molecule has 4 N–H and O–H groups in total. The van der Waals surface area contributed by atoms with Gasteiger partial charge in [0.1, 0.15) is 0 Å². The quantitative estimate of drug-likeness (QED) is 0.563. The van der Waals surface area contributed by atoms with Crippen LogP contribution in [0.25, 0.3) is 0 Å². The lowest BCUT2D eigenvalue weighted by Crippen LogP contribution is -2.22. The molecule has 0 radical (unpaired) electrons. The molecular formula is C13H20N2O4. The second-order valence-corrected chi connectivity index (χ2v) is 5.60. The molecule has 0 saturated carbocycles. The number of aryl methyl sites for hydroxylation is 1. The number of carbonyl (C=O) groups is 1. The molecule has 0 aliphatic carbocycles. The second kappa shape index (κ2) is 5.90. The van der Waals surface area contributed by atoms with E-state index in [4.69, 9.17) is 11.0 Å². The Bertz CT molecular complexity index is 466. The minimum absolute atomic E-state index is 0.0360. The molecule has 0 saturated heterocycles. The van der Waals surface area contributed by atoms with Crippen molar-refractivity contribution in [1.29, 1.82) is 0 Å². The van der Waals surface area contributed by atoms with Crippen LogP contribution < -0.4 is 15.9 Å². The van der Waals surface area contributed by atoms with E-state index < -0.39 is 5.91 Å². The molecule has 0 bridgehead atoms. The molecule has 0 unspecified atom stereocenters. The van der Waals surface area contributed by atoms with Crippen molar-refractivity contribution >= 4 is 11.6 Å². The summed E-state index contributed by atoms with van der Waals surface area (Å²) in [6.45, 7) is 8.55. The maximum Gasteiger partial charge on any atom is 0.250 e. The summed E-state index contributed by atoms with van der Waals surface area (Å²) in [4.78, 5) is 16.0. The van der Waals surface area contributed by atoms with Crippen LogP contribution in [0.4, 0.5) is 5.69 Å². The zero-order valence-electron chi connectivity index (χ0n) is 11.6. The third kappa shape index (κ3) is 4.42. The Morgan fingerprint density at radius 3 is 2.53 bits per heavy atom. The first-order valence-electron chi connectivity index (χ1n) is 5.91. The summed E-state index contributed by atoms with van der Waals surface area (Å²) in [5.41, 5.74) is 6.92. The first-order valence-corrected chi connectivity index (χ1v) is 5.91. The summed E-state index contributed by atoms with van der Waals surface area (Å²) in [7, 11) is 0. The van der Waals surface area contributed by atoms with Gasteiger partial charge in [-0.15, -0.1) is 0 Å². The summed E-state index contributed by atoms with van der Waals surface area (Å²) in [6, 6.07) is 3.15. The lowest BCUT2D eigenvalue weighted by atomic mass is 9.96. The lowest BCUT2D eigenvalue weighted by Gasteiger charge is -2.21. The third-order valence-corrected chi connectivity index (χ3v) is 2.52. The van der Waals surface area contributed by atoms with Gasteiger partial charge in [-0.2, -0.15) is 0 Å². The molecular weight excluding hydrogens is 248 g/mol. The Morgan fingerprint density at radius 2 is 2.05 bits per heavy atom. The maximum absolute atomic E-state index is 11.4. The van der Waals surface area contributed by atoms with Crippen molar-refractivity contribution in [3.63, 3.8) is 0 Å². The third-order valence-electron chi connectivity index (χ3n) is 2.52. The minimum atomic E-state index is -0.532. The van der Waals surface area contributed by atoms with Crippen LogP contribution in [-0.2, 0) is 5.04 Å². The standard InChI is InChI=1S/C13H20N2O4/c1-8-5-9(12(14)16)10(6-11(8)18-19-17)15-7-13(2,3)4/h5-6,15,17H,7H2,1-4H3,(H2,14,16). The monoisotopic (exact) mass is 268 g/mol. The van der Waals surface area contributed by atoms with E-state index in [9.17, 15) is 4.79 Å². The fourth-order valence-electron chi connectivity index (χ4n) is 1.53. The van der Waals surface area contributed by atoms with Gasteiger partial charge in [0, 0.05) is 12.6 Å². The van der Waals surface area contributed by atoms with Crippen LogP contribution in [0.2, 0.25) is 0 Å². The van der Waals surface area contributed by atoms with Gasteiger partial charge < -0.3 is 15.9 Å². The Hall–Kier alpha value is -1.79. The predicted octanol–water partition coefficient (Wildman–Crippen LogP) is 2.34. The molecule has 0 spiro atoms. The van der Waals surface area contributed by atoms with Crippen LogP contribution >= 0.6 is 0 Å². The molecule has 0 fully saturated rings. The van der Waals surface area contributed by atoms with Crippen molar-refractivity contribution in [1.82, 2.24) is 0 Å². The van der Waals surface area contributed by atoms with E-state index in [2.05, 4.69) is 36.0 Å². The summed E-state index contributed by atoms with van der Waals surface area (Å²) < 4.78 is 0. The molecule has 106 valence electrons. The normalized spacial score (nSPS) is 11.2. The molecule has 0 aromatic heterocycles. The van der Waals surface area contributed by atoms with E-state index >= 15 is 0 Å². The largest absolute Gasteiger partial charge is 0.384 e. The Labute approximate surface area is 112 Å². The van der Waals surface area contributed by atoms with Gasteiger partial charge in [-0.1, -0.05) is 20.8 Å².